The number of ether oxygens (including phenoxy) is 2. The molecule has 9 rings (SSSR count). The molecule has 5 fully saturated rings. The molecule has 2 aromatic heterocycles. The molecule has 1 aliphatic carbocycles. The summed E-state index contributed by atoms with van der Waals surface area (Å²) in [6.45, 7) is 6.90. The quantitative estimate of drug-likeness (QED) is 0.0962. The Kier molecular flexibility index (Phi) is 13.4. The van der Waals surface area contributed by atoms with Gasteiger partial charge >= 0.3 is 13.5 Å². The summed E-state index contributed by atoms with van der Waals surface area (Å²) >= 11 is 1.20. The molecule has 4 aliphatic heterocycles. The van der Waals surface area contributed by atoms with Crippen LogP contribution in [0, 0.1) is 0 Å². The number of halogens is 1. The Bertz CT molecular complexity index is 2420. The molecule has 1 spiro atoms. The number of para-hydroxylation sites is 1. The van der Waals surface area contributed by atoms with Crippen LogP contribution in [0.15, 0.2) is 79.1 Å². The monoisotopic (exact) mass is 928 g/mol. The van der Waals surface area contributed by atoms with Crippen LogP contribution >= 0.6 is 18.9 Å². The topological polar surface area (TPSA) is 160 Å². The molecule has 3 amide bonds. The van der Waals surface area contributed by atoms with E-state index in [1.807, 2.05) is 24.1 Å². The summed E-state index contributed by atoms with van der Waals surface area (Å²) in [6, 6.07) is 15.9. The van der Waals surface area contributed by atoms with Gasteiger partial charge in [-0.05, 0) is 118 Å². The summed E-state index contributed by atoms with van der Waals surface area (Å²) in [6.07, 6.45) is 10.2. The van der Waals surface area contributed by atoms with Gasteiger partial charge < -0.3 is 29.1 Å². The first kappa shape index (κ1) is 45.4. The average molecular weight is 929 g/mol. The summed E-state index contributed by atoms with van der Waals surface area (Å²) in [7, 11) is -4.47. The van der Waals surface area contributed by atoms with E-state index in [-0.39, 0.29) is 53.3 Å². The number of fused-ring (bicyclic) bond motifs is 2. The number of rotatable bonds is 14. The lowest BCUT2D eigenvalue weighted by Crippen LogP contribution is -2.59. The second kappa shape index (κ2) is 19.2. The Hall–Kier alpha value is -4.73. The van der Waals surface area contributed by atoms with Crippen molar-refractivity contribution >= 4 is 52.6 Å². The number of carbonyl (C=O) groups is 4. The number of hydrogen-bond donors (Lipinski definition) is 2. The summed E-state index contributed by atoms with van der Waals surface area (Å²) in [4.78, 5) is 67.6. The van der Waals surface area contributed by atoms with Crippen molar-refractivity contribution in [3.8, 4) is 5.75 Å². The normalized spacial score (nSPS) is 26.1. The zero-order chi connectivity index (χ0) is 45.3. The highest BCUT2D eigenvalue weighted by Crippen LogP contribution is 2.58. The summed E-state index contributed by atoms with van der Waals surface area (Å²) in [5.41, 5.74) is 0.974. The molecule has 0 radical (unpaired) electrons. The lowest BCUT2D eigenvalue weighted by atomic mass is 9.93. The number of hydrogen-bond acceptors (Lipinski definition) is 11. The second-order valence-electron chi connectivity index (χ2n) is 18.3. The van der Waals surface area contributed by atoms with E-state index in [1.165, 1.54) is 30.4 Å². The highest BCUT2D eigenvalue weighted by Gasteiger charge is 2.59. The minimum Gasteiger partial charge on any atom is -0.465 e. The van der Waals surface area contributed by atoms with Crippen LogP contribution in [0.4, 0.5) is 4.39 Å². The number of pyridine rings is 1. The lowest BCUT2D eigenvalue weighted by Gasteiger charge is -2.42. The summed E-state index contributed by atoms with van der Waals surface area (Å²) < 4.78 is 48.5. The van der Waals surface area contributed by atoms with Gasteiger partial charge in [0.25, 0.3) is 5.91 Å². The third-order valence-corrected chi connectivity index (χ3v) is 17.1. The van der Waals surface area contributed by atoms with Crippen LogP contribution in [0.3, 0.4) is 0 Å². The highest BCUT2D eigenvalue weighted by atomic mass is 32.1. The predicted octanol–water partition coefficient (Wildman–Crippen LogP) is 7.36. The van der Waals surface area contributed by atoms with Gasteiger partial charge in [0.15, 0.2) is 0 Å². The fraction of sp³-hybridized carbons (Fsp3) is 0.521. The van der Waals surface area contributed by atoms with E-state index in [4.69, 9.17) is 14.0 Å². The first-order valence-electron chi connectivity index (χ1n) is 23.1. The van der Waals surface area contributed by atoms with Crippen molar-refractivity contribution in [2.75, 3.05) is 39.5 Å². The number of carbonyl (C=O) groups excluding carboxylic acids is 4. The Morgan fingerprint density at radius 2 is 1.80 bits per heavy atom. The molecule has 65 heavy (non-hydrogen) atoms. The smallest absolute Gasteiger partial charge is 0.355 e. The van der Waals surface area contributed by atoms with Gasteiger partial charge in [0.1, 0.15) is 23.9 Å². The third kappa shape index (κ3) is 9.60. The van der Waals surface area contributed by atoms with Crippen LogP contribution in [0.2, 0.25) is 0 Å². The molecule has 6 heterocycles. The average Bonchev–Trinajstić information content (AvgIpc) is 3.60. The molecule has 5 aliphatic rings. The maximum atomic E-state index is 16.7. The zero-order valence-electron chi connectivity index (χ0n) is 36.9. The van der Waals surface area contributed by atoms with Crippen LogP contribution in [-0.4, -0.2) is 119 Å². The number of esters is 1. The van der Waals surface area contributed by atoms with E-state index in [2.05, 4.69) is 31.3 Å². The van der Waals surface area contributed by atoms with Gasteiger partial charge in [-0.25, -0.2) is 9.48 Å². The lowest BCUT2D eigenvalue weighted by molar-refractivity contribution is -0.148. The van der Waals surface area contributed by atoms with Gasteiger partial charge in [-0.15, -0.1) is 11.3 Å². The van der Waals surface area contributed by atoms with Gasteiger partial charge in [-0.3, -0.25) is 33.6 Å². The zero-order valence-corrected chi connectivity index (χ0v) is 38.7. The number of morpholine rings is 1. The van der Waals surface area contributed by atoms with Gasteiger partial charge in [0, 0.05) is 60.3 Å². The standard InChI is InChI=1S/C48H58FN6O8PS/c1-3-22-62-47(59)31(2)52-64(60,63-38-9-5-4-6-10-38)43(49)32-11-16-41-34(25-32)26-42(65-41)44(56)51-39-14-12-36(53-20-23-61-24-21-53)27-37-13-15-40(55(37)45(39)57)46(58)54-30-35(28-48(54)17-18-48)33-8-7-19-50-29-33/h4-11,16,19,25-26,29,31,35-37,39-40,43H,3,12-15,17-18,20-24,27-28,30H2,1-2H3,(H,51,56)(H,52,60)/t31-,35-,36-,37+,39-,40-,43+,64-/m0/s1. The summed E-state index contributed by atoms with van der Waals surface area (Å²) in [5.74, 6) is -3.21. The molecule has 4 saturated heterocycles. The minimum absolute atomic E-state index is 0.00425. The molecular weight excluding hydrogens is 871 g/mol. The van der Waals surface area contributed by atoms with Crippen LogP contribution in [0.5, 0.6) is 5.75 Å². The van der Waals surface area contributed by atoms with Crippen LogP contribution in [-0.2, 0) is 28.4 Å². The van der Waals surface area contributed by atoms with E-state index in [0.717, 1.165) is 44.3 Å². The number of amides is 3. The number of nitrogens with zero attached hydrogens (tertiary/aromatic N) is 4. The van der Waals surface area contributed by atoms with Crippen LogP contribution in [0.1, 0.15) is 104 Å². The fourth-order valence-electron chi connectivity index (χ4n) is 10.4. The molecule has 0 bridgehead atoms. The predicted molar refractivity (Wildman–Crippen MR) is 244 cm³/mol. The SMILES string of the molecule is CCCOC(=O)[C@H](C)N[P@@](=O)(Oc1ccccc1)[C@@H](F)c1ccc2sc(C(=O)N[C@H]3CC[C@H](N4CCOCC4)C[C@H]4CC[C@@H](C(=O)N5C[C@@H](c6cccnc6)CC56CC6)N4C3=O)cc2c1. The Morgan fingerprint density at radius 1 is 1.02 bits per heavy atom. The first-order chi connectivity index (χ1) is 31.4. The molecule has 2 aromatic carbocycles. The summed E-state index contributed by atoms with van der Waals surface area (Å²) in [5, 5.41) is 6.23. The first-order valence-corrected chi connectivity index (χ1v) is 25.6. The van der Waals surface area contributed by atoms with Gasteiger partial charge in [0.05, 0.1) is 24.7 Å². The number of likely N-dealkylation sites (tertiary alicyclic amines) is 1. The molecule has 0 unspecified atom stereocenters. The van der Waals surface area contributed by atoms with Crippen molar-refractivity contribution in [2.24, 2.45) is 0 Å². The molecule has 1 saturated carbocycles. The van der Waals surface area contributed by atoms with Crippen molar-refractivity contribution in [3.63, 3.8) is 0 Å². The molecule has 4 aromatic rings. The second-order valence-corrected chi connectivity index (χ2v) is 21.4. The van der Waals surface area contributed by atoms with Crippen LogP contribution in [0.25, 0.3) is 10.1 Å². The minimum atomic E-state index is -4.47. The van der Waals surface area contributed by atoms with E-state index in [9.17, 15) is 23.7 Å². The maximum absolute atomic E-state index is 16.7. The largest absolute Gasteiger partial charge is 0.465 e. The maximum Gasteiger partial charge on any atom is 0.355 e. The molecular formula is C48H58FN6O8PS. The van der Waals surface area contributed by atoms with Gasteiger partial charge in [-0.1, -0.05) is 37.3 Å². The van der Waals surface area contributed by atoms with Crippen molar-refractivity contribution in [2.45, 2.75) is 119 Å². The number of thiophene rings is 1. The Morgan fingerprint density at radius 3 is 2.54 bits per heavy atom. The number of aromatic nitrogens is 1. The number of nitrogens with one attached hydrogen (secondary N) is 2. The molecule has 2 N–H and O–H groups in total. The van der Waals surface area contributed by atoms with Gasteiger partial charge in [-0.2, -0.15) is 0 Å². The van der Waals surface area contributed by atoms with Crippen molar-refractivity contribution in [1.29, 1.82) is 0 Å². The van der Waals surface area contributed by atoms with Gasteiger partial charge in [0.2, 0.25) is 17.7 Å². The van der Waals surface area contributed by atoms with E-state index < -0.39 is 43.4 Å². The molecule has 14 nitrogen and oxygen atoms in total. The van der Waals surface area contributed by atoms with Crippen molar-refractivity contribution in [1.82, 2.24) is 30.1 Å². The van der Waals surface area contributed by atoms with Crippen molar-refractivity contribution < 1.29 is 42.1 Å². The van der Waals surface area contributed by atoms with Crippen molar-refractivity contribution in [3.05, 3.63) is 95.1 Å². The Balaban J connectivity index is 0.949. The number of benzene rings is 2. The molecule has 17 heteroatoms. The highest BCUT2D eigenvalue weighted by molar-refractivity contribution is 7.57. The molecule has 346 valence electrons. The fourth-order valence-corrected chi connectivity index (χ4v) is 13.2. The number of alkyl halides is 1. The van der Waals surface area contributed by atoms with E-state index >= 15 is 4.39 Å². The van der Waals surface area contributed by atoms with Crippen LogP contribution < -0.4 is 14.9 Å². The van der Waals surface area contributed by atoms with E-state index in [1.54, 1.807) is 48.7 Å². The Labute approximate surface area is 383 Å². The third-order valence-electron chi connectivity index (χ3n) is 13.9. The molecule has 8 atom stereocenters. The van der Waals surface area contributed by atoms with E-state index in [0.29, 0.717) is 66.8 Å².